The van der Waals surface area contributed by atoms with E-state index >= 15 is 0 Å². The molecule has 0 aromatic carbocycles. The molecule has 1 aromatic rings. The Morgan fingerprint density at radius 2 is 2.29 bits per heavy atom. The van der Waals surface area contributed by atoms with Crippen molar-refractivity contribution in [2.24, 2.45) is 5.41 Å². The highest BCUT2D eigenvalue weighted by molar-refractivity contribution is 7.07. The number of carbonyl (C=O) groups excluding carboxylic acids is 1. The van der Waals surface area contributed by atoms with Gasteiger partial charge in [0.05, 0.1) is 10.9 Å². The van der Waals surface area contributed by atoms with Crippen molar-refractivity contribution in [3.63, 3.8) is 0 Å². The van der Waals surface area contributed by atoms with Crippen LogP contribution in [-0.2, 0) is 4.74 Å². The minimum atomic E-state index is -0.680. The lowest BCUT2D eigenvalue weighted by Gasteiger charge is -2.23. The smallest absolute Gasteiger partial charge is 0.433 e. The zero-order chi connectivity index (χ0) is 12.7. The molecule has 0 saturated heterocycles. The lowest BCUT2D eigenvalue weighted by Crippen LogP contribution is -2.23. The number of rotatable bonds is 6. The van der Waals surface area contributed by atoms with Gasteiger partial charge in [-0.1, -0.05) is 33.6 Å². The van der Waals surface area contributed by atoms with E-state index in [0.29, 0.717) is 12.5 Å². The molecule has 4 nitrogen and oxygen atoms in total. The molecule has 1 rings (SSSR count). The van der Waals surface area contributed by atoms with E-state index in [0.717, 1.165) is 19.3 Å². The second kappa shape index (κ2) is 6.59. The first-order valence-electron chi connectivity index (χ1n) is 5.76. The molecule has 1 aromatic heterocycles. The zero-order valence-electron chi connectivity index (χ0n) is 10.6. The van der Waals surface area contributed by atoms with Gasteiger partial charge in [-0.05, 0) is 11.8 Å². The maximum absolute atomic E-state index is 11.4. The lowest BCUT2D eigenvalue weighted by molar-refractivity contribution is 0.0585. The Bertz CT molecular complexity index is 336. The third kappa shape index (κ3) is 5.68. The van der Waals surface area contributed by atoms with E-state index in [1.165, 1.54) is 11.3 Å². The summed E-state index contributed by atoms with van der Waals surface area (Å²) in [5, 5.41) is 1.66. The molecular formula is C12H19NO3S. The Morgan fingerprint density at radius 1 is 1.53 bits per heavy atom. The van der Waals surface area contributed by atoms with Crippen LogP contribution in [0.5, 0.6) is 5.88 Å². The van der Waals surface area contributed by atoms with Crippen LogP contribution in [0.4, 0.5) is 4.79 Å². The van der Waals surface area contributed by atoms with Crippen molar-refractivity contribution in [3.8, 4) is 5.88 Å². The number of unbranched alkanes of at least 4 members (excludes halogenated alkanes) is 1. The molecule has 0 aliphatic heterocycles. The Hall–Kier alpha value is -1.10. The summed E-state index contributed by atoms with van der Waals surface area (Å²) >= 11 is 1.37. The van der Waals surface area contributed by atoms with Gasteiger partial charge in [0.1, 0.15) is 6.61 Å². The van der Waals surface area contributed by atoms with E-state index in [1.807, 2.05) is 0 Å². The maximum Gasteiger partial charge on any atom is 0.515 e. The number of nitrogens with zero attached hydrogens (tertiary/aromatic N) is 1. The molecule has 0 atom stereocenters. The Kier molecular flexibility index (Phi) is 5.41. The van der Waals surface area contributed by atoms with Crippen molar-refractivity contribution < 1.29 is 14.3 Å². The van der Waals surface area contributed by atoms with Crippen LogP contribution in [0.15, 0.2) is 10.9 Å². The Morgan fingerprint density at radius 3 is 2.88 bits per heavy atom. The number of carbonyl (C=O) groups is 1. The third-order valence-electron chi connectivity index (χ3n) is 2.39. The molecule has 0 radical (unpaired) electrons. The van der Waals surface area contributed by atoms with Gasteiger partial charge in [-0.2, -0.15) is 0 Å². The molecule has 0 spiro atoms. The second-order valence-corrected chi connectivity index (χ2v) is 5.45. The van der Waals surface area contributed by atoms with Gasteiger partial charge >= 0.3 is 6.16 Å². The van der Waals surface area contributed by atoms with Gasteiger partial charge in [-0.15, -0.1) is 11.3 Å². The topological polar surface area (TPSA) is 48.4 Å². The second-order valence-electron chi connectivity index (χ2n) is 4.74. The maximum atomic E-state index is 11.4. The normalized spacial score (nSPS) is 11.2. The van der Waals surface area contributed by atoms with Crippen LogP contribution >= 0.6 is 11.3 Å². The fraction of sp³-hybridized carbons (Fsp3) is 0.667. The summed E-state index contributed by atoms with van der Waals surface area (Å²) in [5.74, 6) is 0.298. The molecule has 96 valence electrons. The number of hydrogen-bond acceptors (Lipinski definition) is 5. The van der Waals surface area contributed by atoms with Gasteiger partial charge in [0.25, 0.3) is 0 Å². The van der Waals surface area contributed by atoms with Crippen LogP contribution < -0.4 is 4.74 Å². The molecule has 0 fully saturated rings. The predicted octanol–water partition coefficient (Wildman–Crippen LogP) is 3.87. The molecule has 0 aliphatic rings. The molecule has 5 heteroatoms. The van der Waals surface area contributed by atoms with Gasteiger partial charge in [0.15, 0.2) is 0 Å². The molecule has 1 heterocycles. The first-order chi connectivity index (χ1) is 8.03. The van der Waals surface area contributed by atoms with E-state index in [2.05, 4.69) is 25.8 Å². The van der Waals surface area contributed by atoms with Crippen LogP contribution in [0.25, 0.3) is 0 Å². The van der Waals surface area contributed by atoms with Crippen LogP contribution in [0.1, 0.15) is 40.0 Å². The highest BCUT2D eigenvalue weighted by Gasteiger charge is 2.20. The van der Waals surface area contributed by atoms with E-state index in [-0.39, 0.29) is 5.41 Å². The number of hydrogen-bond donors (Lipinski definition) is 0. The molecule has 0 N–H and O–H groups in total. The molecule has 0 saturated carbocycles. The largest absolute Gasteiger partial charge is 0.515 e. The Balaban J connectivity index is 2.27. The molecule has 17 heavy (non-hydrogen) atoms. The first-order valence-corrected chi connectivity index (χ1v) is 6.70. The van der Waals surface area contributed by atoms with Crippen LogP contribution in [0.3, 0.4) is 0 Å². The van der Waals surface area contributed by atoms with E-state index in [4.69, 9.17) is 9.47 Å². The monoisotopic (exact) mass is 257 g/mol. The fourth-order valence-electron chi connectivity index (χ4n) is 1.35. The van der Waals surface area contributed by atoms with Gasteiger partial charge in [-0.3, -0.25) is 0 Å². The third-order valence-corrected chi connectivity index (χ3v) is 2.95. The summed E-state index contributed by atoms with van der Waals surface area (Å²) in [5.41, 5.74) is 1.60. The summed E-state index contributed by atoms with van der Waals surface area (Å²) in [6, 6.07) is 0. The first kappa shape index (κ1) is 14.0. The Labute approximate surface area is 106 Å². The average molecular weight is 257 g/mol. The summed E-state index contributed by atoms with van der Waals surface area (Å²) in [6.45, 7) is 6.68. The number of aromatic nitrogens is 1. The van der Waals surface area contributed by atoms with E-state index in [9.17, 15) is 4.79 Å². The van der Waals surface area contributed by atoms with Crippen LogP contribution in [0.2, 0.25) is 0 Å². The summed E-state index contributed by atoms with van der Waals surface area (Å²) < 4.78 is 9.97. The molecule has 0 unspecified atom stereocenters. The van der Waals surface area contributed by atoms with Gasteiger partial charge in [0, 0.05) is 0 Å². The lowest BCUT2D eigenvalue weighted by atomic mass is 9.88. The average Bonchev–Trinajstić information content (AvgIpc) is 2.77. The van der Waals surface area contributed by atoms with Crippen molar-refractivity contribution in [1.29, 1.82) is 0 Å². The van der Waals surface area contributed by atoms with E-state index in [1.54, 1.807) is 10.9 Å². The summed E-state index contributed by atoms with van der Waals surface area (Å²) in [4.78, 5) is 15.2. The van der Waals surface area contributed by atoms with Gasteiger partial charge in [-0.25, -0.2) is 9.78 Å². The van der Waals surface area contributed by atoms with Gasteiger partial charge < -0.3 is 9.47 Å². The highest BCUT2D eigenvalue weighted by atomic mass is 32.1. The summed E-state index contributed by atoms with van der Waals surface area (Å²) in [7, 11) is 0. The summed E-state index contributed by atoms with van der Waals surface area (Å²) in [6.07, 6.45) is 2.64. The van der Waals surface area contributed by atoms with Crippen molar-refractivity contribution in [1.82, 2.24) is 4.98 Å². The number of thiazole rings is 1. The van der Waals surface area contributed by atoms with Crippen molar-refractivity contribution in [2.45, 2.75) is 40.0 Å². The SMILES string of the molecule is CCCCC(C)(C)COC(=O)Oc1cscn1. The van der Waals surface area contributed by atoms with Crippen molar-refractivity contribution in [2.75, 3.05) is 6.61 Å². The van der Waals surface area contributed by atoms with Gasteiger partial charge in [0.2, 0.25) is 5.88 Å². The molecule has 0 amide bonds. The van der Waals surface area contributed by atoms with Crippen molar-refractivity contribution >= 4 is 17.5 Å². The minimum absolute atomic E-state index is 0.00287. The predicted molar refractivity (Wildman–Crippen MR) is 67.4 cm³/mol. The van der Waals surface area contributed by atoms with Crippen molar-refractivity contribution in [3.05, 3.63) is 10.9 Å². The quantitative estimate of drug-likeness (QED) is 0.726. The number of ether oxygens (including phenoxy) is 2. The van der Waals surface area contributed by atoms with Crippen LogP contribution in [0, 0.1) is 5.41 Å². The molecule has 0 aliphatic carbocycles. The fourth-order valence-corrected chi connectivity index (χ4v) is 1.80. The highest BCUT2D eigenvalue weighted by Crippen LogP contribution is 2.23. The standard InChI is InChI=1S/C12H19NO3S/c1-4-5-6-12(2,3)8-15-11(14)16-10-7-17-9-13-10/h7,9H,4-6,8H2,1-3H3. The molecule has 0 bridgehead atoms. The van der Waals surface area contributed by atoms with Crippen LogP contribution in [-0.4, -0.2) is 17.7 Å². The minimum Gasteiger partial charge on any atom is -0.433 e. The molecular weight excluding hydrogens is 238 g/mol. The van der Waals surface area contributed by atoms with E-state index < -0.39 is 6.16 Å². The zero-order valence-corrected chi connectivity index (χ0v) is 11.4.